The van der Waals surface area contributed by atoms with E-state index >= 15 is 0 Å². The first-order valence-electron chi connectivity index (χ1n) is 11.2. The predicted molar refractivity (Wildman–Crippen MR) is 147 cm³/mol. The fourth-order valence-electron chi connectivity index (χ4n) is 3.23. The smallest absolute Gasteiger partial charge is 0.257 e. The lowest BCUT2D eigenvalue weighted by atomic mass is 10.1. The van der Waals surface area contributed by atoms with Gasteiger partial charge in [0.25, 0.3) is 11.8 Å². The van der Waals surface area contributed by atoms with Crippen LogP contribution in [0.15, 0.2) is 77.3 Å². The molecule has 0 saturated carbocycles. The summed E-state index contributed by atoms with van der Waals surface area (Å²) in [5.41, 5.74) is 2.33. The quantitative estimate of drug-likeness (QED) is 0.293. The zero-order valence-electron chi connectivity index (χ0n) is 19.8. The third-order valence-corrected chi connectivity index (χ3v) is 5.88. The van der Waals surface area contributed by atoms with Crippen molar-refractivity contribution < 1.29 is 14.3 Å². The minimum Gasteiger partial charge on any atom is -0.492 e. The van der Waals surface area contributed by atoms with Gasteiger partial charge in [0, 0.05) is 5.56 Å². The number of carbonyl (C=O) groups excluding carboxylic acids is 2. The van der Waals surface area contributed by atoms with Crippen molar-refractivity contribution in [3.05, 3.63) is 94.0 Å². The Bertz CT molecular complexity index is 1200. The largest absolute Gasteiger partial charge is 0.492 e. The molecule has 0 aliphatic heterocycles. The van der Waals surface area contributed by atoms with E-state index in [-0.39, 0.29) is 23.0 Å². The molecule has 2 amide bonds. The standard InChI is InChI=1S/C27H28BrN3O3S/c1-17(2)16-34-24-14-13-20(15-22(24)28)25(32)31-27(35)30-23-12-8-7-11-21(23)26(33)29-18(3)19-9-5-4-6-10-19/h4-15,17-18H,16H2,1-3H3,(H,29,33)(H2,30,31,32,35). The zero-order chi connectivity index (χ0) is 25.4. The summed E-state index contributed by atoms with van der Waals surface area (Å²) in [6, 6.07) is 21.6. The molecule has 0 fully saturated rings. The number of ether oxygens (including phenoxy) is 1. The van der Waals surface area contributed by atoms with E-state index in [4.69, 9.17) is 17.0 Å². The molecule has 0 aliphatic rings. The number of amides is 2. The molecular formula is C27H28BrN3O3S. The lowest BCUT2D eigenvalue weighted by Crippen LogP contribution is -2.35. The maximum Gasteiger partial charge on any atom is 0.257 e. The molecule has 0 bridgehead atoms. The van der Waals surface area contributed by atoms with Gasteiger partial charge < -0.3 is 15.4 Å². The summed E-state index contributed by atoms with van der Waals surface area (Å²) in [6.45, 7) is 6.63. The molecule has 3 rings (SSSR count). The Morgan fingerprint density at radius 3 is 2.31 bits per heavy atom. The van der Waals surface area contributed by atoms with Crippen LogP contribution in [0.3, 0.4) is 0 Å². The van der Waals surface area contributed by atoms with Gasteiger partial charge in [-0.3, -0.25) is 14.9 Å². The van der Waals surface area contributed by atoms with Gasteiger partial charge in [0.1, 0.15) is 5.75 Å². The molecule has 3 N–H and O–H groups in total. The van der Waals surface area contributed by atoms with Crippen molar-refractivity contribution in [3.63, 3.8) is 0 Å². The number of carbonyl (C=O) groups is 2. The number of rotatable bonds is 8. The molecule has 0 heterocycles. The second-order valence-corrected chi connectivity index (χ2v) is 9.67. The molecule has 182 valence electrons. The van der Waals surface area contributed by atoms with Crippen LogP contribution in [0.4, 0.5) is 5.69 Å². The highest BCUT2D eigenvalue weighted by molar-refractivity contribution is 9.10. The van der Waals surface area contributed by atoms with Crippen LogP contribution in [0.25, 0.3) is 0 Å². The summed E-state index contributed by atoms with van der Waals surface area (Å²) in [6.07, 6.45) is 0. The van der Waals surface area contributed by atoms with Gasteiger partial charge in [0.05, 0.1) is 28.4 Å². The maximum absolute atomic E-state index is 12.9. The average molecular weight is 555 g/mol. The van der Waals surface area contributed by atoms with Crippen LogP contribution >= 0.6 is 28.1 Å². The Hall–Kier alpha value is -3.23. The van der Waals surface area contributed by atoms with Crippen LogP contribution in [0.1, 0.15) is 53.1 Å². The summed E-state index contributed by atoms with van der Waals surface area (Å²) in [5, 5.41) is 8.71. The van der Waals surface area contributed by atoms with E-state index in [0.29, 0.717) is 39.6 Å². The van der Waals surface area contributed by atoms with Crippen molar-refractivity contribution in [2.75, 3.05) is 11.9 Å². The van der Waals surface area contributed by atoms with Crippen molar-refractivity contribution in [1.82, 2.24) is 10.6 Å². The van der Waals surface area contributed by atoms with Gasteiger partial charge in [0.15, 0.2) is 5.11 Å². The molecule has 6 nitrogen and oxygen atoms in total. The van der Waals surface area contributed by atoms with Crippen molar-refractivity contribution in [2.45, 2.75) is 26.8 Å². The fraction of sp³-hybridized carbons (Fsp3) is 0.222. The van der Waals surface area contributed by atoms with E-state index in [2.05, 4.69) is 45.7 Å². The fourth-order valence-corrected chi connectivity index (χ4v) is 3.93. The average Bonchev–Trinajstić information content (AvgIpc) is 2.83. The predicted octanol–water partition coefficient (Wildman–Crippen LogP) is 6.10. The number of nitrogens with one attached hydrogen (secondary N) is 3. The summed E-state index contributed by atoms with van der Waals surface area (Å²) in [7, 11) is 0. The SMILES string of the molecule is CC(C)COc1ccc(C(=O)NC(=S)Nc2ccccc2C(=O)NC(C)c2ccccc2)cc1Br. The number of benzene rings is 3. The summed E-state index contributed by atoms with van der Waals surface area (Å²) in [4.78, 5) is 25.7. The van der Waals surface area contributed by atoms with E-state index in [0.717, 1.165) is 5.56 Å². The van der Waals surface area contributed by atoms with Gasteiger partial charge in [-0.2, -0.15) is 0 Å². The topological polar surface area (TPSA) is 79.5 Å². The molecule has 1 unspecified atom stereocenters. The van der Waals surface area contributed by atoms with Crippen molar-refractivity contribution in [2.24, 2.45) is 5.92 Å². The Morgan fingerprint density at radius 1 is 0.943 bits per heavy atom. The highest BCUT2D eigenvalue weighted by Gasteiger charge is 2.17. The van der Waals surface area contributed by atoms with E-state index in [1.54, 1.807) is 42.5 Å². The van der Waals surface area contributed by atoms with Crippen LogP contribution < -0.4 is 20.7 Å². The Labute approximate surface area is 219 Å². The third kappa shape index (κ3) is 7.63. The van der Waals surface area contributed by atoms with Crippen LogP contribution in [-0.4, -0.2) is 23.5 Å². The summed E-state index contributed by atoms with van der Waals surface area (Å²) in [5.74, 6) is 0.429. The van der Waals surface area contributed by atoms with Gasteiger partial charge in [0.2, 0.25) is 0 Å². The first-order valence-corrected chi connectivity index (χ1v) is 12.4. The van der Waals surface area contributed by atoms with Crippen LogP contribution in [-0.2, 0) is 0 Å². The Kier molecular flexibility index (Phi) is 9.39. The summed E-state index contributed by atoms with van der Waals surface area (Å²) >= 11 is 8.79. The third-order valence-electron chi connectivity index (χ3n) is 5.06. The number of para-hydroxylation sites is 1. The van der Waals surface area contributed by atoms with Crippen molar-refractivity contribution in [3.8, 4) is 5.75 Å². The Morgan fingerprint density at radius 2 is 1.63 bits per heavy atom. The molecule has 0 radical (unpaired) electrons. The van der Waals surface area contributed by atoms with Gasteiger partial charge in [-0.25, -0.2) is 0 Å². The lowest BCUT2D eigenvalue weighted by Gasteiger charge is -2.17. The van der Waals surface area contributed by atoms with E-state index in [9.17, 15) is 9.59 Å². The highest BCUT2D eigenvalue weighted by atomic mass is 79.9. The molecular weight excluding hydrogens is 526 g/mol. The van der Waals surface area contributed by atoms with E-state index in [1.807, 2.05) is 37.3 Å². The molecule has 0 aliphatic carbocycles. The first-order chi connectivity index (χ1) is 16.7. The number of hydrogen-bond acceptors (Lipinski definition) is 4. The minimum absolute atomic E-state index is 0.0858. The van der Waals surface area contributed by atoms with E-state index < -0.39 is 0 Å². The monoisotopic (exact) mass is 553 g/mol. The van der Waals surface area contributed by atoms with Crippen LogP contribution in [0, 0.1) is 5.92 Å². The number of anilines is 1. The first kappa shape index (κ1) is 26.4. The number of thiocarbonyl (C=S) groups is 1. The normalized spacial score (nSPS) is 11.5. The van der Waals surface area contributed by atoms with Gasteiger partial charge >= 0.3 is 0 Å². The minimum atomic E-state index is -0.377. The molecule has 1 atom stereocenters. The highest BCUT2D eigenvalue weighted by Crippen LogP contribution is 2.26. The van der Waals surface area contributed by atoms with Gasteiger partial charge in [-0.1, -0.05) is 56.3 Å². The Balaban J connectivity index is 1.64. The molecule has 3 aromatic carbocycles. The second-order valence-electron chi connectivity index (χ2n) is 8.41. The van der Waals surface area contributed by atoms with Gasteiger partial charge in [-0.15, -0.1) is 0 Å². The zero-order valence-corrected chi connectivity index (χ0v) is 22.2. The van der Waals surface area contributed by atoms with Gasteiger partial charge in [-0.05, 0) is 76.9 Å². The molecule has 8 heteroatoms. The molecule has 0 aromatic heterocycles. The van der Waals surface area contributed by atoms with E-state index in [1.165, 1.54) is 0 Å². The second kappa shape index (κ2) is 12.5. The maximum atomic E-state index is 12.9. The van der Waals surface area contributed by atoms with Crippen LogP contribution in [0.2, 0.25) is 0 Å². The molecule has 35 heavy (non-hydrogen) atoms. The molecule has 0 saturated heterocycles. The lowest BCUT2D eigenvalue weighted by molar-refractivity contribution is 0.0939. The van der Waals surface area contributed by atoms with Crippen molar-refractivity contribution in [1.29, 1.82) is 0 Å². The summed E-state index contributed by atoms with van der Waals surface area (Å²) < 4.78 is 6.41. The number of halogens is 1. The van der Waals surface area contributed by atoms with Crippen molar-refractivity contribution >= 4 is 50.8 Å². The molecule has 3 aromatic rings. The molecule has 0 spiro atoms. The van der Waals surface area contributed by atoms with Crippen LogP contribution in [0.5, 0.6) is 5.75 Å². The number of hydrogen-bond donors (Lipinski definition) is 3.